The van der Waals surface area contributed by atoms with Crippen molar-refractivity contribution in [2.45, 2.75) is 31.2 Å². The molecule has 2 rings (SSSR count). The molecule has 0 fully saturated rings. The van der Waals surface area contributed by atoms with Crippen LogP contribution in [0.4, 0.5) is 0 Å². The van der Waals surface area contributed by atoms with Gasteiger partial charge in [0.15, 0.2) is 0 Å². The normalized spacial score (nSPS) is 14.0. The van der Waals surface area contributed by atoms with Crippen molar-refractivity contribution < 1.29 is 8.42 Å². The summed E-state index contributed by atoms with van der Waals surface area (Å²) in [4.78, 5) is 0.387. The molecule has 1 aromatic heterocycles. The van der Waals surface area contributed by atoms with E-state index in [2.05, 4.69) is 4.72 Å². The summed E-state index contributed by atoms with van der Waals surface area (Å²) in [6.45, 7) is 3.82. The number of rotatable bonds is 4. The van der Waals surface area contributed by atoms with Crippen LogP contribution in [0, 0.1) is 0 Å². The summed E-state index contributed by atoms with van der Waals surface area (Å²) in [6, 6.07) is 7.51. The summed E-state index contributed by atoms with van der Waals surface area (Å²) >= 11 is 1.46. The average molecular weight is 269 g/mol. The Balaban J connectivity index is 2.46. The van der Waals surface area contributed by atoms with Gasteiger partial charge in [0.25, 0.3) is 0 Å². The topological polar surface area (TPSA) is 46.2 Å². The number of thiophene rings is 1. The van der Waals surface area contributed by atoms with E-state index in [9.17, 15) is 8.42 Å². The highest BCUT2D eigenvalue weighted by Gasteiger charge is 2.20. The molecule has 0 aliphatic heterocycles. The van der Waals surface area contributed by atoms with Gasteiger partial charge in [-0.2, -0.15) is 0 Å². The molecule has 17 heavy (non-hydrogen) atoms. The van der Waals surface area contributed by atoms with Crippen LogP contribution < -0.4 is 4.72 Å². The molecular formula is C12H15NO2S2. The molecule has 0 amide bonds. The minimum atomic E-state index is -3.39. The Morgan fingerprint density at radius 2 is 2.06 bits per heavy atom. The van der Waals surface area contributed by atoms with Gasteiger partial charge in [-0.25, -0.2) is 13.1 Å². The van der Waals surface area contributed by atoms with Crippen LogP contribution in [0.5, 0.6) is 0 Å². The predicted octanol–water partition coefficient (Wildman–Crippen LogP) is 2.98. The zero-order chi connectivity index (χ0) is 12.5. The third-order valence-electron chi connectivity index (χ3n) is 2.70. The summed E-state index contributed by atoms with van der Waals surface area (Å²) in [5.41, 5.74) is 0. The monoisotopic (exact) mass is 269 g/mol. The molecular weight excluding hydrogens is 254 g/mol. The molecule has 0 saturated carbocycles. The molecule has 3 nitrogen and oxygen atoms in total. The van der Waals surface area contributed by atoms with Crippen molar-refractivity contribution in [2.75, 3.05) is 0 Å². The van der Waals surface area contributed by atoms with Crippen molar-refractivity contribution in [3.8, 4) is 0 Å². The molecule has 92 valence electrons. The lowest BCUT2D eigenvalue weighted by atomic mass is 10.3. The lowest BCUT2D eigenvalue weighted by Gasteiger charge is -2.11. The van der Waals surface area contributed by atoms with E-state index in [0.717, 1.165) is 16.5 Å². The molecule has 0 bridgehead atoms. The Kier molecular flexibility index (Phi) is 3.51. The fourth-order valence-electron chi connectivity index (χ4n) is 1.57. The summed E-state index contributed by atoms with van der Waals surface area (Å²) in [6.07, 6.45) is 0.779. The second-order valence-corrected chi connectivity index (χ2v) is 6.62. The molecule has 0 aliphatic rings. The van der Waals surface area contributed by atoms with Crippen molar-refractivity contribution in [1.29, 1.82) is 0 Å². The molecule has 0 spiro atoms. The number of sulfonamides is 1. The van der Waals surface area contributed by atoms with Crippen molar-refractivity contribution >= 4 is 31.4 Å². The quantitative estimate of drug-likeness (QED) is 0.927. The second kappa shape index (κ2) is 4.76. The first-order valence-electron chi connectivity index (χ1n) is 5.53. The maximum atomic E-state index is 12.2. The number of benzene rings is 1. The van der Waals surface area contributed by atoms with E-state index in [-0.39, 0.29) is 6.04 Å². The molecule has 1 N–H and O–H groups in total. The second-order valence-electron chi connectivity index (χ2n) is 4.03. The van der Waals surface area contributed by atoms with Crippen molar-refractivity contribution in [1.82, 2.24) is 4.72 Å². The Hall–Kier alpha value is -0.910. The minimum absolute atomic E-state index is 0.0429. The van der Waals surface area contributed by atoms with Gasteiger partial charge in [-0.3, -0.25) is 0 Å². The summed E-state index contributed by atoms with van der Waals surface area (Å²) < 4.78 is 28.0. The molecule has 0 radical (unpaired) electrons. The summed E-state index contributed by atoms with van der Waals surface area (Å²) in [7, 11) is -3.39. The Morgan fingerprint density at radius 3 is 2.76 bits per heavy atom. The molecule has 1 atom stereocenters. The van der Waals surface area contributed by atoms with E-state index in [1.54, 1.807) is 5.38 Å². The molecule has 0 aliphatic carbocycles. The highest BCUT2D eigenvalue weighted by atomic mass is 32.2. The van der Waals surface area contributed by atoms with Crippen LogP contribution in [-0.4, -0.2) is 14.5 Å². The number of nitrogens with one attached hydrogen (secondary N) is 1. The number of hydrogen-bond donors (Lipinski definition) is 1. The zero-order valence-electron chi connectivity index (χ0n) is 9.80. The van der Waals surface area contributed by atoms with Crippen LogP contribution in [0.1, 0.15) is 20.3 Å². The van der Waals surface area contributed by atoms with Crippen LogP contribution in [-0.2, 0) is 10.0 Å². The smallest absolute Gasteiger partial charge is 0.208 e. The van der Waals surface area contributed by atoms with E-state index in [4.69, 9.17) is 0 Å². The van der Waals surface area contributed by atoms with Gasteiger partial charge in [0, 0.05) is 21.5 Å². The van der Waals surface area contributed by atoms with E-state index < -0.39 is 10.0 Å². The SMILES string of the molecule is CCC(C)NS(=O)(=O)c1csc2ccccc12. The van der Waals surface area contributed by atoms with E-state index in [1.165, 1.54) is 11.3 Å². The van der Waals surface area contributed by atoms with Crippen LogP contribution in [0.2, 0.25) is 0 Å². The molecule has 5 heteroatoms. The summed E-state index contributed by atoms with van der Waals surface area (Å²) in [5, 5.41) is 2.50. The minimum Gasteiger partial charge on any atom is -0.208 e. The molecule has 1 unspecified atom stereocenters. The lowest BCUT2D eigenvalue weighted by molar-refractivity contribution is 0.557. The van der Waals surface area contributed by atoms with Crippen molar-refractivity contribution in [3.63, 3.8) is 0 Å². The van der Waals surface area contributed by atoms with Gasteiger partial charge in [0.2, 0.25) is 10.0 Å². The van der Waals surface area contributed by atoms with E-state index >= 15 is 0 Å². The van der Waals surface area contributed by atoms with Crippen molar-refractivity contribution in [2.24, 2.45) is 0 Å². The van der Waals surface area contributed by atoms with Gasteiger partial charge >= 0.3 is 0 Å². The van der Waals surface area contributed by atoms with E-state index in [0.29, 0.717) is 4.90 Å². The van der Waals surface area contributed by atoms with Gasteiger partial charge in [0.05, 0.1) is 0 Å². The maximum absolute atomic E-state index is 12.2. The predicted molar refractivity (Wildman–Crippen MR) is 71.9 cm³/mol. The van der Waals surface area contributed by atoms with Crippen LogP contribution in [0.15, 0.2) is 34.5 Å². The fraction of sp³-hybridized carbons (Fsp3) is 0.333. The fourth-order valence-corrected chi connectivity index (χ4v) is 4.40. The van der Waals surface area contributed by atoms with Crippen LogP contribution in [0.25, 0.3) is 10.1 Å². The van der Waals surface area contributed by atoms with Crippen LogP contribution >= 0.6 is 11.3 Å². The zero-order valence-corrected chi connectivity index (χ0v) is 11.4. The van der Waals surface area contributed by atoms with E-state index in [1.807, 2.05) is 38.1 Å². The summed E-state index contributed by atoms with van der Waals surface area (Å²) in [5.74, 6) is 0. The van der Waals surface area contributed by atoms with Gasteiger partial charge < -0.3 is 0 Å². The molecule has 1 heterocycles. The first-order valence-corrected chi connectivity index (χ1v) is 7.89. The largest absolute Gasteiger partial charge is 0.242 e. The Morgan fingerprint density at radius 1 is 1.35 bits per heavy atom. The maximum Gasteiger partial charge on any atom is 0.242 e. The first-order chi connectivity index (χ1) is 8.04. The molecule has 2 aromatic rings. The van der Waals surface area contributed by atoms with Gasteiger partial charge in [-0.15, -0.1) is 11.3 Å². The number of fused-ring (bicyclic) bond motifs is 1. The third kappa shape index (κ3) is 2.51. The molecule has 0 saturated heterocycles. The standard InChI is InChI=1S/C12H15NO2S2/c1-3-9(2)13-17(14,15)12-8-16-11-7-5-4-6-10(11)12/h4-9,13H,3H2,1-2H3. The van der Waals surface area contributed by atoms with Gasteiger partial charge in [-0.1, -0.05) is 25.1 Å². The lowest BCUT2D eigenvalue weighted by Crippen LogP contribution is -2.31. The van der Waals surface area contributed by atoms with Gasteiger partial charge in [-0.05, 0) is 19.4 Å². The average Bonchev–Trinajstić information content (AvgIpc) is 2.72. The molecule has 1 aromatic carbocycles. The Bertz CT molecular complexity index is 616. The third-order valence-corrected chi connectivity index (χ3v) is 5.45. The highest BCUT2D eigenvalue weighted by molar-refractivity contribution is 7.90. The first kappa shape index (κ1) is 12.5. The Labute approximate surface area is 106 Å². The highest BCUT2D eigenvalue weighted by Crippen LogP contribution is 2.29. The number of hydrogen-bond acceptors (Lipinski definition) is 3. The van der Waals surface area contributed by atoms with Gasteiger partial charge in [0.1, 0.15) is 4.90 Å². The van der Waals surface area contributed by atoms with Crippen LogP contribution in [0.3, 0.4) is 0 Å². The van der Waals surface area contributed by atoms with Crippen molar-refractivity contribution in [3.05, 3.63) is 29.6 Å².